The minimum Gasteiger partial charge on any atom is -0.365 e. The van der Waals surface area contributed by atoms with Crippen LogP contribution in [0.2, 0.25) is 0 Å². The molecule has 5 rings (SSSR count). The molecule has 1 aliphatic heterocycles. The molecule has 32 heavy (non-hydrogen) atoms. The normalized spacial score (nSPS) is 16.4. The maximum atomic E-state index is 13.2. The molecular formula is C25H24N4O2S. The number of rotatable bonds is 4. The molecule has 3 heterocycles. The number of piperazine rings is 1. The molecule has 2 aromatic carbocycles. The number of thiophene rings is 1. The average Bonchev–Trinajstić information content (AvgIpc) is 3.49. The third-order valence-electron chi connectivity index (χ3n) is 5.73. The Morgan fingerprint density at radius 3 is 2.69 bits per heavy atom. The summed E-state index contributed by atoms with van der Waals surface area (Å²) in [5, 5.41) is 4.10. The van der Waals surface area contributed by atoms with Crippen LogP contribution in [0.1, 0.15) is 22.2 Å². The van der Waals surface area contributed by atoms with Crippen molar-refractivity contribution in [2.45, 2.75) is 19.9 Å². The smallest absolute Gasteiger partial charge is 0.264 e. The molecule has 1 atom stereocenters. The van der Waals surface area contributed by atoms with Crippen LogP contribution >= 0.6 is 11.3 Å². The van der Waals surface area contributed by atoms with Gasteiger partial charge in [0.15, 0.2) is 0 Å². The molecule has 7 heteroatoms. The topological polar surface area (TPSA) is 62.5 Å². The number of benzene rings is 2. The van der Waals surface area contributed by atoms with Gasteiger partial charge in [0, 0.05) is 36.9 Å². The number of nitrogens with zero attached hydrogens (tertiary/aromatic N) is 4. The van der Waals surface area contributed by atoms with Crippen molar-refractivity contribution < 1.29 is 9.32 Å². The van der Waals surface area contributed by atoms with E-state index in [9.17, 15) is 4.79 Å². The molecule has 4 aromatic rings. The van der Waals surface area contributed by atoms with E-state index >= 15 is 0 Å². The van der Waals surface area contributed by atoms with Crippen molar-refractivity contribution in [3.8, 4) is 22.2 Å². The van der Waals surface area contributed by atoms with Crippen LogP contribution in [-0.2, 0) is 0 Å². The summed E-state index contributed by atoms with van der Waals surface area (Å²) in [4.78, 5) is 23.5. The molecule has 0 N–H and O–H groups in total. The maximum absolute atomic E-state index is 13.2. The van der Waals surface area contributed by atoms with Gasteiger partial charge in [-0.15, -0.1) is 11.3 Å². The fourth-order valence-corrected chi connectivity index (χ4v) is 4.98. The predicted molar refractivity (Wildman–Crippen MR) is 127 cm³/mol. The Balaban J connectivity index is 1.28. The summed E-state index contributed by atoms with van der Waals surface area (Å²) < 4.78 is 5.41. The van der Waals surface area contributed by atoms with Gasteiger partial charge in [-0.2, -0.15) is 4.98 Å². The van der Waals surface area contributed by atoms with Crippen LogP contribution in [0.25, 0.3) is 22.2 Å². The first kappa shape index (κ1) is 20.5. The molecule has 1 amide bonds. The van der Waals surface area contributed by atoms with E-state index in [4.69, 9.17) is 4.52 Å². The summed E-state index contributed by atoms with van der Waals surface area (Å²) in [5.74, 6) is 1.04. The average molecular weight is 445 g/mol. The van der Waals surface area contributed by atoms with E-state index in [2.05, 4.69) is 53.2 Å². The molecule has 0 radical (unpaired) electrons. The molecule has 0 saturated carbocycles. The lowest BCUT2D eigenvalue weighted by atomic mass is 10.1. The summed E-state index contributed by atoms with van der Waals surface area (Å²) in [6.07, 6.45) is 0. The molecule has 1 aliphatic rings. The molecule has 0 spiro atoms. The van der Waals surface area contributed by atoms with Gasteiger partial charge >= 0.3 is 0 Å². The Labute approximate surface area is 191 Å². The highest BCUT2D eigenvalue weighted by Crippen LogP contribution is 2.30. The van der Waals surface area contributed by atoms with E-state index in [0.29, 0.717) is 29.7 Å². The Kier molecular flexibility index (Phi) is 5.49. The molecule has 0 aliphatic carbocycles. The maximum Gasteiger partial charge on any atom is 0.264 e. The zero-order valence-corrected chi connectivity index (χ0v) is 18.9. The lowest BCUT2D eigenvalue weighted by Crippen LogP contribution is -2.53. The van der Waals surface area contributed by atoms with Gasteiger partial charge in [-0.1, -0.05) is 35.5 Å². The van der Waals surface area contributed by atoms with Crippen molar-refractivity contribution in [2.75, 3.05) is 24.5 Å². The number of amides is 1. The minimum atomic E-state index is 0.0590. The molecule has 0 bridgehead atoms. The third kappa shape index (κ3) is 4.03. The van der Waals surface area contributed by atoms with Crippen molar-refractivity contribution in [1.82, 2.24) is 15.0 Å². The quantitative estimate of drug-likeness (QED) is 0.437. The number of carbonyl (C=O) groups is 1. The summed E-state index contributed by atoms with van der Waals surface area (Å²) in [5.41, 5.74) is 3.34. The van der Waals surface area contributed by atoms with Crippen LogP contribution in [0.5, 0.6) is 0 Å². The van der Waals surface area contributed by atoms with E-state index < -0.39 is 0 Å². The summed E-state index contributed by atoms with van der Waals surface area (Å²) in [7, 11) is 0. The van der Waals surface area contributed by atoms with Gasteiger partial charge in [0.25, 0.3) is 11.8 Å². The first-order valence-corrected chi connectivity index (χ1v) is 11.5. The van der Waals surface area contributed by atoms with Gasteiger partial charge < -0.3 is 14.3 Å². The fourth-order valence-electron chi connectivity index (χ4n) is 4.08. The zero-order chi connectivity index (χ0) is 22.1. The van der Waals surface area contributed by atoms with Crippen LogP contribution in [0.3, 0.4) is 0 Å². The first-order valence-electron chi connectivity index (χ1n) is 10.7. The molecule has 0 unspecified atom stereocenters. The molecule has 162 valence electrons. The lowest BCUT2D eigenvalue weighted by molar-refractivity contribution is 0.0731. The van der Waals surface area contributed by atoms with E-state index in [1.807, 2.05) is 47.4 Å². The molecule has 2 aromatic heterocycles. The number of hydrogen-bond acceptors (Lipinski definition) is 6. The van der Waals surface area contributed by atoms with E-state index in [-0.39, 0.29) is 11.9 Å². The largest absolute Gasteiger partial charge is 0.365 e. The Hall–Kier alpha value is -3.45. The second-order valence-corrected chi connectivity index (χ2v) is 9.17. The van der Waals surface area contributed by atoms with Gasteiger partial charge in [-0.3, -0.25) is 4.79 Å². The number of carbonyl (C=O) groups excluding carboxylic acids is 1. The van der Waals surface area contributed by atoms with Gasteiger partial charge in [-0.05, 0) is 55.8 Å². The second-order valence-electron chi connectivity index (χ2n) is 8.09. The van der Waals surface area contributed by atoms with E-state index in [1.54, 1.807) is 0 Å². The molecule has 1 fully saturated rings. The highest BCUT2D eigenvalue weighted by molar-refractivity contribution is 7.17. The summed E-state index contributed by atoms with van der Waals surface area (Å²) in [6, 6.07) is 22.2. The predicted octanol–water partition coefficient (Wildman–Crippen LogP) is 5.12. The fraction of sp³-hybridized carbons (Fsp3) is 0.240. The monoisotopic (exact) mass is 444 g/mol. The van der Waals surface area contributed by atoms with Gasteiger partial charge in [0.05, 0.1) is 9.75 Å². The minimum absolute atomic E-state index is 0.0590. The van der Waals surface area contributed by atoms with Crippen molar-refractivity contribution in [3.05, 3.63) is 77.2 Å². The van der Waals surface area contributed by atoms with Crippen molar-refractivity contribution in [3.63, 3.8) is 0 Å². The SMILES string of the molecule is Cc1cccc(N2CCN(C(=O)c3ccc(-c4noc(-c5ccccc5)n4)s3)C[C@H]2C)c1. The number of anilines is 1. The zero-order valence-electron chi connectivity index (χ0n) is 18.1. The van der Waals surface area contributed by atoms with Crippen molar-refractivity contribution in [2.24, 2.45) is 0 Å². The Morgan fingerprint density at radius 1 is 1.06 bits per heavy atom. The Morgan fingerprint density at radius 2 is 1.91 bits per heavy atom. The van der Waals surface area contributed by atoms with E-state index in [0.717, 1.165) is 17.0 Å². The molecule has 1 saturated heterocycles. The number of hydrogen-bond donors (Lipinski definition) is 0. The number of aromatic nitrogens is 2. The van der Waals surface area contributed by atoms with Gasteiger partial charge in [0.2, 0.25) is 5.82 Å². The molecular weight excluding hydrogens is 420 g/mol. The Bertz CT molecular complexity index is 1230. The standard InChI is InChI=1S/C25H24N4O2S/c1-17-7-6-10-20(15-17)29-14-13-28(16-18(29)2)25(30)22-12-11-21(32-22)23-26-24(31-27-23)19-8-4-3-5-9-19/h3-12,15,18H,13-14,16H2,1-2H3/t18-/m1/s1. The van der Waals surface area contributed by atoms with Crippen LogP contribution < -0.4 is 4.90 Å². The van der Waals surface area contributed by atoms with Crippen LogP contribution in [0.15, 0.2) is 71.3 Å². The van der Waals surface area contributed by atoms with Crippen LogP contribution in [-0.4, -0.2) is 46.6 Å². The third-order valence-corrected chi connectivity index (χ3v) is 6.80. The number of aryl methyl sites for hydroxylation is 1. The van der Waals surface area contributed by atoms with Crippen LogP contribution in [0.4, 0.5) is 5.69 Å². The van der Waals surface area contributed by atoms with Crippen LogP contribution in [0, 0.1) is 6.92 Å². The highest BCUT2D eigenvalue weighted by atomic mass is 32.1. The van der Waals surface area contributed by atoms with Crippen molar-refractivity contribution in [1.29, 1.82) is 0 Å². The van der Waals surface area contributed by atoms with Crippen molar-refractivity contribution >= 4 is 22.9 Å². The second kappa shape index (κ2) is 8.59. The van der Waals surface area contributed by atoms with Gasteiger partial charge in [0.1, 0.15) is 0 Å². The van der Waals surface area contributed by atoms with E-state index in [1.165, 1.54) is 22.6 Å². The molecule has 6 nitrogen and oxygen atoms in total. The first-order chi connectivity index (χ1) is 15.6. The summed E-state index contributed by atoms with van der Waals surface area (Å²) >= 11 is 1.41. The summed E-state index contributed by atoms with van der Waals surface area (Å²) in [6.45, 7) is 6.49. The van der Waals surface area contributed by atoms with Gasteiger partial charge in [-0.25, -0.2) is 0 Å². The highest BCUT2D eigenvalue weighted by Gasteiger charge is 2.28. The lowest BCUT2D eigenvalue weighted by Gasteiger charge is -2.41.